The van der Waals surface area contributed by atoms with Gasteiger partial charge < -0.3 is 30.2 Å². The van der Waals surface area contributed by atoms with Gasteiger partial charge in [-0.05, 0) is 43.4 Å². The topological polar surface area (TPSA) is 108 Å². The molecule has 3 aliphatic rings. The van der Waals surface area contributed by atoms with Crippen LogP contribution in [0.25, 0.3) is 0 Å². The van der Waals surface area contributed by atoms with Crippen molar-refractivity contribution in [2.24, 2.45) is 17.3 Å². The van der Waals surface area contributed by atoms with E-state index in [0.717, 1.165) is 18.3 Å². The number of nitrogens with one attached hydrogen (secondary N) is 2. The molecule has 0 radical (unpaired) electrons. The molecule has 0 aromatic heterocycles. The number of nitrogens with zero attached hydrogens (tertiary/aromatic N) is 1. The summed E-state index contributed by atoms with van der Waals surface area (Å²) < 4.78 is 5.00. The quantitative estimate of drug-likeness (QED) is 0.477. The Morgan fingerprint density at radius 2 is 2.03 bits per heavy atom. The van der Waals surface area contributed by atoms with E-state index in [0.29, 0.717) is 56.9 Å². The molecule has 8 nitrogen and oxygen atoms in total. The summed E-state index contributed by atoms with van der Waals surface area (Å²) in [6.07, 6.45) is 3.73. The molecular weight excluding hydrogens is 482 g/mol. The summed E-state index contributed by atoms with van der Waals surface area (Å²) in [7, 11) is 0. The molecule has 4 rings (SSSR count). The molecule has 2 aliphatic heterocycles. The molecule has 1 aromatic rings. The highest BCUT2D eigenvalue weighted by molar-refractivity contribution is 6.30. The molecule has 2 heterocycles. The Hall–Kier alpha value is -2.16. The standard InChI is InChI=1S/C27H38ClN3O5/c1-18(16-32)22(29-23(33)19-8-9-26(14-19)11-13-36-24(34)30-26)15-31-12-10-27(35,25(2,3)17-31)20-4-6-21(28)7-5-20/h4-7,16,18-19,22,35H,8-15,17H2,1-3H3,(H,29,33)(H,30,34)/t18-,19+,22?,26?,27-/m0/s1. The van der Waals surface area contributed by atoms with Crippen LogP contribution in [0, 0.1) is 17.3 Å². The summed E-state index contributed by atoms with van der Waals surface area (Å²) >= 11 is 6.05. The molecule has 2 saturated heterocycles. The molecule has 0 bridgehead atoms. The normalized spacial score (nSPS) is 31.8. The molecule has 36 heavy (non-hydrogen) atoms. The molecule has 1 spiro atoms. The van der Waals surface area contributed by atoms with Gasteiger partial charge in [-0.2, -0.15) is 0 Å². The Kier molecular flexibility index (Phi) is 7.70. The smallest absolute Gasteiger partial charge is 0.407 e. The number of carbonyl (C=O) groups is 3. The maximum atomic E-state index is 13.2. The van der Waals surface area contributed by atoms with Gasteiger partial charge in [0.15, 0.2) is 0 Å². The lowest BCUT2D eigenvalue weighted by Crippen LogP contribution is -2.58. The van der Waals surface area contributed by atoms with Crippen LogP contribution in [0.4, 0.5) is 4.79 Å². The zero-order chi connectivity index (χ0) is 26.1. The van der Waals surface area contributed by atoms with Gasteiger partial charge in [-0.15, -0.1) is 0 Å². The Balaban J connectivity index is 1.40. The highest BCUT2D eigenvalue weighted by Crippen LogP contribution is 2.46. The lowest BCUT2D eigenvalue weighted by atomic mass is 9.66. The molecule has 1 saturated carbocycles. The van der Waals surface area contributed by atoms with Crippen LogP contribution in [-0.2, 0) is 19.9 Å². The molecule has 1 aliphatic carbocycles. The van der Waals surface area contributed by atoms with E-state index in [2.05, 4.69) is 15.5 Å². The lowest BCUT2D eigenvalue weighted by Gasteiger charge is -2.51. The average Bonchev–Trinajstić information content (AvgIpc) is 3.23. The Morgan fingerprint density at radius 3 is 2.67 bits per heavy atom. The number of hydrogen-bond acceptors (Lipinski definition) is 6. The second-order valence-corrected chi connectivity index (χ2v) is 12.0. The summed E-state index contributed by atoms with van der Waals surface area (Å²) in [4.78, 5) is 38.9. The first kappa shape index (κ1) is 26.9. The Bertz CT molecular complexity index is 986. The predicted molar refractivity (Wildman–Crippen MR) is 137 cm³/mol. The van der Waals surface area contributed by atoms with E-state index in [1.165, 1.54) is 0 Å². The number of benzene rings is 1. The predicted octanol–water partition coefficient (Wildman–Crippen LogP) is 3.25. The minimum atomic E-state index is -1.00. The maximum absolute atomic E-state index is 13.2. The fraction of sp³-hybridized carbons (Fsp3) is 0.667. The van der Waals surface area contributed by atoms with Crippen molar-refractivity contribution in [1.29, 1.82) is 0 Å². The van der Waals surface area contributed by atoms with Gasteiger partial charge in [0.25, 0.3) is 0 Å². The summed E-state index contributed by atoms with van der Waals surface area (Å²) in [5, 5.41) is 18.4. The average molecular weight is 520 g/mol. The van der Waals surface area contributed by atoms with Crippen molar-refractivity contribution in [3.8, 4) is 0 Å². The van der Waals surface area contributed by atoms with Gasteiger partial charge in [0.2, 0.25) is 5.91 Å². The summed E-state index contributed by atoms with van der Waals surface area (Å²) in [5.41, 5.74) is -0.989. The van der Waals surface area contributed by atoms with Crippen LogP contribution < -0.4 is 10.6 Å². The molecule has 198 valence electrons. The molecule has 2 unspecified atom stereocenters. The van der Waals surface area contributed by atoms with Crippen LogP contribution in [0.2, 0.25) is 5.02 Å². The van der Waals surface area contributed by atoms with Crippen molar-refractivity contribution in [3.63, 3.8) is 0 Å². The first-order valence-corrected chi connectivity index (χ1v) is 13.3. The highest BCUT2D eigenvalue weighted by atomic mass is 35.5. The van der Waals surface area contributed by atoms with Crippen LogP contribution in [0.3, 0.4) is 0 Å². The number of aldehydes is 1. The number of halogens is 1. The maximum Gasteiger partial charge on any atom is 0.407 e. The van der Waals surface area contributed by atoms with Crippen LogP contribution in [0.15, 0.2) is 24.3 Å². The van der Waals surface area contributed by atoms with E-state index >= 15 is 0 Å². The molecule has 3 fully saturated rings. The van der Waals surface area contributed by atoms with Gasteiger partial charge in [0.1, 0.15) is 6.29 Å². The van der Waals surface area contributed by atoms with Crippen LogP contribution >= 0.6 is 11.6 Å². The van der Waals surface area contributed by atoms with Crippen molar-refractivity contribution >= 4 is 29.9 Å². The van der Waals surface area contributed by atoms with Gasteiger partial charge in [-0.1, -0.05) is 44.5 Å². The lowest BCUT2D eigenvalue weighted by molar-refractivity contribution is -0.132. The number of amides is 2. The SMILES string of the molecule is C[C@@H](C=O)C(CN1CC[C@](O)(c2ccc(Cl)cc2)C(C)(C)C1)NC(=O)[C@@H]1CCC2(CCOC(=O)N2)C1. The zero-order valence-corrected chi connectivity index (χ0v) is 22.1. The molecule has 3 N–H and O–H groups in total. The van der Waals surface area contributed by atoms with Crippen molar-refractivity contribution in [2.45, 2.75) is 70.1 Å². The van der Waals surface area contributed by atoms with Crippen molar-refractivity contribution in [3.05, 3.63) is 34.9 Å². The number of likely N-dealkylation sites (tertiary alicyclic amines) is 1. The minimum absolute atomic E-state index is 0.0692. The van der Waals surface area contributed by atoms with Gasteiger partial charge >= 0.3 is 6.09 Å². The van der Waals surface area contributed by atoms with Crippen molar-refractivity contribution in [2.75, 3.05) is 26.2 Å². The van der Waals surface area contributed by atoms with Gasteiger partial charge in [0.05, 0.1) is 18.2 Å². The van der Waals surface area contributed by atoms with Crippen molar-refractivity contribution in [1.82, 2.24) is 15.5 Å². The van der Waals surface area contributed by atoms with E-state index in [-0.39, 0.29) is 29.3 Å². The number of carbonyl (C=O) groups excluding carboxylic acids is 3. The third-order valence-corrected chi connectivity index (χ3v) is 8.89. The van der Waals surface area contributed by atoms with E-state index in [1.807, 2.05) is 32.9 Å². The second-order valence-electron chi connectivity index (χ2n) is 11.6. The summed E-state index contributed by atoms with van der Waals surface area (Å²) in [5.74, 6) is -0.634. The molecule has 2 amide bonds. The fourth-order valence-corrected chi connectivity index (χ4v) is 6.33. The van der Waals surface area contributed by atoms with Crippen LogP contribution in [0.5, 0.6) is 0 Å². The number of hydrogen-bond donors (Lipinski definition) is 3. The van der Waals surface area contributed by atoms with Crippen LogP contribution in [-0.4, -0.2) is 66.1 Å². The first-order chi connectivity index (χ1) is 17.0. The van der Waals surface area contributed by atoms with Gasteiger partial charge in [-0.25, -0.2) is 4.79 Å². The summed E-state index contributed by atoms with van der Waals surface area (Å²) in [6, 6.07) is 7.02. The highest BCUT2D eigenvalue weighted by Gasteiger charge is 2.49. The number of ether oxygens (including phenoxy) is 1. The van der Waals surface area contributed by atoms with E-state index in [9.17, 15) is 19.5 Å². The molecular formula is C27H38ClN3O5. The number of cyclic esters (lactones) is 1. The van der Waals surface area contributed by atoms with Crippen LogP contribution in [0.1, 0.15) is 58.4 Å². The molecule has 5 atom stereocenters. The van der Waals surface area contributed by atoms with Gasteiger partial charge in [0, 0.05) is 53.9 Å². The number of rotatable bonds is 7. The summed E-state index contributed by atoms with van der Waals surface area (Å²) in [6.45, 7) is 8.06. The molecule has 1 aromatic carbocycles. The third-order valence-electron chi connectivity index (χ3n) is 8.64. The number of alkyl carbamates (subject to hydrolysis) is 1. The minimum Gasteiger partial charge on any atom is -0.449 e. The number of aliphatic hydroxyl groups is 1. The van der Waals surface area contributed by atoms with Gasteiger partial charge in [-0.3, -0.25) is 4.79 Å². The largest absolute Gasteiger partial charge is 0.449 e. The van der Waals surface area contributed by atoms with E-state index in [4.69, 9.17) is 16.3 Å². The fourth-order valence-electron chi connectivity index (χ4n) is 6.21. The zero-order valence-electron chi connectivity index (χ0n) is 21.4. The van der Waals surface area contributed by atoms with E-state index < -0.39 is 17.1 Å². The third kappa shape index (κ3) is 5.41. The van der Waals surface area contributed by atoms with E-state index in [1.54, 1.807) is 12.1 Å². The molecule has 9 heteroatoms. The Labute approximate surface area is 218 Å². The monoisotopic (exact) mass is 519 g/mol. The second kappa shape index (κ2) is 10.3. The van der Waals surface area contributed by atoms with Crippen molar-refractivity contribution < 1.29 is 24.2 Å². The Morgan fingerprint density at radius 1 is 1.31 bits per heavy atom. The number of piperidine rings is 1. The first-order valence-electron chi connectivity index (χ1n) is 12.9.